The van der Waals surface area contributed by atoms with Crippen LogP contribution in [0.4, 0.5) is 10.1 Å². The largest absolute Gasteiger partial charge is 0.495 e. The second-order valence-corrected chi connectivity index (χ2v) is 5.63. The van der Waals surface area contributed by atoms with Crippen molar-refractivity contribution in [3.8, 4) is 5.75 Å². The second-order valence-electron chi connectivity index (χ2n) is 5.19. The number of benzene rings is 2. The Balaban J connectivity index is 1.94. The van der Waals surface area contributed by atoms with E-state index in [1.807, 2.05) is 11.9 Å². The maximum absolute atomic E-state index is 12.9. The molecule has 0 aliphatic heterocycles. The Bertz CT molecular complexity index is 677. The number of anilines is 1. The third kappa shape index (κ3) is 5.23. The number of carbonyl (C=O) groups excluding carboxylic acids is 1. The fourth-order valence-corrected chi connectivity index (χ4v) is 2.34. The number of halogens is 2. The average molecular weight is 337 g/mol. The number of hydrogen-bond acceptors (Lipinski definition) is 3. The van der Waals surface area contributed by atoms with Gasteiger partial charge in [0.2, 0.25) is 5.91 Å². The lowest BCUT2D eigenvalue weighted by atomic mass is 10.2. The van der Waals surface area contributed by atoms with Crippen LogP contribution in [0, 0.1) is 5.82 Å². The van der Waals surface area contributed by atoms with Gasteiger partial charge in [0.25, 0.3) is 0 Å². The molecule has 0 fully saturated rings. The summed E-state index contributed by atoms with van der Waals surface area (Å²) in [5, 5.41) is 3.29. The van der Waals surface area contributed by atoms with Crippen LogP contribution in [-0.2, 0) is 11.3 Å². The first-order valence-corrected chi connectivity index (χ1v) is 7.42. The van der Waals surface area contributed by atoms with Crippen LogP contribution in [0.3, 0.4) is 0 Å². The molecule has 6 heteroatoms. The van der Waals surface area contributed by atoms with E-state index >= 15 is 0 Å². The molecule has 0 radical (unpaired) electrons. The number of rotatable bonds is 6. The van der Waals surface area contributed by atoms with Crippen LogP contribution in [0.25, 0.3) is 0 Å². The van der Waals surface area contributed by atoms with Gasteiger partial charge in [0.1, 0.15) is 11.6 Å². The Morgan fingerprint density at radius 3 is 2.61 bits per heavy atom. The minimum absolute atomic E-state index is 0.185. The smallest absolute Gasteiger partial charge is 0.238 e. The van der Waals surface area contributed by atoms with Crippen LogP contribution in [0.1, 0.15) is 5.56 Å². The molecule has 0 aromatic heterocycles. The van der Waals surface area contributed by atoms with E-state index in [4.69, 9.17) is 16.3 Å². The van der Waals surface area contributed by atoms with Crippen molar-refractivity contribution in [2.24, 2.45) is 0 Å². The number of hydrogen-bond donors (Lipinski definition) is 1. The SMILES string of the molecule is COc1ccc(Cl)cc1NC(=O)CN(C)Cc1ccc(F)cc1. The van der Waals surface area contributed by atoms with E-state index in [-0.39, 0.29) is 18.3 Å². The van der Waals surface area contributed by atoms with Crippen LogP contribution < -0.4 is 10.1 Å². The summed E-state index contributed by atoms with van der Waals surface area (Å²) in [5.74, 6) is 0.0845. The Labute approximate surface area is 139 Å². The molecule has 1 N–H and O–H groups in total. The highest BCUT2D eigenvalue weighted by molar-refractivity contribution is 6.31. The van der Waals surface area contributed by atoms with Crippen molar-refractivity contribution >= 4 is 23.2 Å². The van der Waals surface area contributed by atoms with Crippen LogP contribution in [0.15, 0.2) is 42.5 Å². The molecule has 1 amide bonds. The number of amides is 1. The lowest BCUT2D eigenvalue weighted by molar-refractivity contribution is -0.117. The van der Waals surface area contributed by atoms with Crippen molar-refractivity contribution in [2.45, 2.75) is 6.54 Å². The van der Waals surface area contributed by atoms with Gasteiger partial charge in [0.15, 0.2) is 0 Å². The van der Waals surface area contributed by atoms with Crippen molar-refractivity contribution in [3.05, 3.63) is 58.9 Å². The van der Waals surface area contributed by atoms with Crippen molar-refractivity contribution in [2.75, 3.05) is 26.0 Å². The summed E-state index contributed by atoms with van der Waals surface area (Å²) < 4.78 is 18.1. The van der Waals surface area contributed by atoms with E-state index < -0.39 is 0 Å². The Hall–Kier alpha value is -2.11. The number of methoxy groups -OCH3 is 1. The topological polar surface area (TPSA) is 41.6 Å². The van der Waals surface area contributed by atoms with Crippen LogP contribution >= 0.6 is 11.6 Å². The average Bonchev–Trinajstić information content (AvgIpc) is 2.49. The van der Waals surface area contributed by atoms with Gasteiger partial charge in [-0.05, 0) is 42.9 Å². The van der Waals surface area contributed by atoms with Gasteiger partial charge in [-0.25, -0.2) is 4.39 Å². The molecule has 2 rings (SSSR count). The monoisotopic (exact) mass is 336 g/mol. The summed E-state index contributed by atoms with van der Waals surface area (Å²) in [5.41, 5.74) is 1.46. The number of likely N-dealkylation sites (N-methyl/N-ethyl adjacent to an activating group) is 1. The molecule has 122 valence electrons. The van der Waals surface area contributed by atoms with Gasteiger partial charge in [-0.2, -0.15) is 0 Å². The lowest BCUT2D eigenvalue weighted by Crippen LogP contribution is -2.29. The zero-order valence-corrected chi connectivity index (χ0v) is 13.7. The molecular formula is C17H18ClFN2O2. The molecule has 0 aliphatic carbocycles. The molecule has 2 aromatic carbocycles. The number of nitrogens with zero attached hydrogens (tertiary/aromatic N) is 1. The fourth-order valence-electron chi connectivity index (χ4n) is 2.17. The van der Waals surface area contributed by atoms with Crippen LogP contribution in [0.5, 0.6) is 5.75 Å². The molecule has 0 unspecified atom stereocenters. The van der Waals surface area contributed by atoms with Crippen LogP contribution in [0.2, 0.25) is 5.02 Å². The third-order valence-corrected chi connectivity index (χ3v) is 3.45. The van der Waals surface area contributed by atoms with E-state index in [0.717, 1.165) is 5.56 Å². The first-order valence-electron chi connectivity index (χ1n) is 7.04. The van der Waals surface area contributed by atoms with E-state index in [1.54, 1.807) is 30.3 Å². The van der Waals surface area contributed by atoms with E-state index in [2.05, 4.69) is 5.32 Å². The van der Waals surface area contributed by atoms with E-state index in [9.17, 15) is 9.18 Å². The molecular weight excluding hydrogens is 319 g/mol. The first kappa shape index (κ1) is 17.2. The van der Waals surface area contributed by atoms with Crippen molar-refractivity contribution < 1.29 is 13.9 Å². The summed E-state index contributed by atoms with van der Waals surface area (Å²) >= 11 is 5.94. The molecule has 0 saturated heterocycles. The quantitative estimate of drug-likeness (QED) is 0.877. The van der Waals surface area contributed by atoms with Crippen molar-refractivity contribution in [1.82, 2.24) is 4.90 Å². The van der Waals surface area contributed by atoms with E-state index in [0.29, 0.717) is 23.0 Å². The van der Waals surface area contributed by atoms with Gasteiger partial charge in [0, 0.05) is 11.6 Å². The number of nitrogens with one attached hydrogen (secondary N) is 1. The fraction of sp³-hybridized carbons (Fsp3) is 0.235. The van der Waals surface area contributed by atoms with Gasteiger partial charge in [-0.15, -0.1) is 0 Å². The van der Waals surface area contributed by atoms with Gasteiger partial charge in [-0.1, -0.05) is 23.7 Å². The third-order valence-electron chi connectivity index (χ3n) is 3.21. The summed E-state index contributed by atoms with van der Waals surface area (Å²) in [4.78, 5) is 14.0. The zero-order chi connectivity index (χ0) is 16.8. The molecule has 0 atom stereocenters. The van der Waals surface area contributed by atoms with Crippen molar-refractivity contribution in [3.63, 3.8) is 0 Å². The maximum Gasteiger partial charge on any atom is 0.238 e. The normalized spacial score (nSPS) is 10.7. The maximum atomic E-state index is 12.9. The minimum atomic E-state index is -0.276. The van der Waals surface area contributed by atoms with Gasteiger partial charge in [0.05, 0.1) is 19.3 Å². The van der Waals surface area contributed by atoms with E-state index in [1.165, 1.54) is 19.2 Å². The molecule has 0 saturated carbocycles. The summed E-state index contributed by atoms with van der Waals surface area (Å²) in [6, 6.07) is 11.2. The molecule has 4 nitrogen and oxygen atoms in total. The van der Waals surface area contributed by atoms with Crippen molar-refractivity contribution in [1.29, 1.82) is 0 Å². The highest BCUT2D eigenvalue weighted by atomic mass is 35.5. The molecule has 23 heavy (non-hydrogen) atoms. The predicted molar refractivity (Wildman–Crippen MR) is 89.4 cm³/mol. The molecule has 2 aromatic rings. The number of carbonyl (C=O) groups is 1. The van der Waals surface area contributed by atoms with Crippen LogP contribution in [-0.4, -0.2) is 31.5 Å². The summed E-state index contributed by atoms with van der Waals surface area (Å²) in [6.07, 6.45) is 0. The molecule has 0 spiro atoms. The molecule has 0 heterocycles. The zero-order valence-electron chi connectivity index (χ0n) is 13.0. The summed E-state index contributed by atoms with van der Waals surface area (Å²) in [7, 11) is 3.34. The van der Waals surface area contributed by atoms with Gasteiger partial charge in [-0.3, -0.25) is 9.69 Å². The minimum Gasteiger partial charge on any atom is -0.495 e. The predicted octanol–water partition coefficient (Wildman–Crippen LogP) is 3.56. The summed E-state index contributed by atoms with van der Waals surface area (Å²) in [6.45, 7) is 0.730. The Kier molecular flexibility index (Phi) is 5.96. The second kappa shape index (κ2) is 7.94. The molecule has 0 bridgehead atoms. The Morgan fingerprint density at radius 1 is 1.26 bits per heavy atom. The Morgan fingerprint density at radius 2 is 1.96 bits per heavy atom. The first-order chi connectivity index (χ1) is 11.0. The lowest BCUT2D eigenvalue weighted by Gasteiger charge is -2.17. The number of ether oxygens (including phenoxy) is 1. The van der Waals surface area contributed by atoms with Gasteiger partial charge < -0.3 is 10.1 Å². The highest BCUT2D eigenvalue weighted by Crippen LogP contribution is 2.27. The standard InChI is InChI=1S/C17H18ClFN2O2/c1-21(10-12-3-6-14(19)7-4-12)11-17(22)20-15-9-13(18)5-8-16(15)23-2/h3-9H,10-11H2,1-2H3,(H,20,22). The molecule has 0 aliphatic rings. The van der Waals surface area contributed by atoms with Gasteiger partial charge >= 0.3 is 0 Å². The highest BCUT2D eigenvalue weighted by Gasteiger charge is 2.11.